The van der Waals surface area contributed by atoms with Crippen LogP contribution in [-0.2, 0) is 21.2 Å². The Hall–Kier alpha value is -2.97. The normalized spacial score (nSPS) is 17.8. The van der Waals surface area contributed by atoms with Gasteiger partial charge in [-0.2, -0.15) is 0 Å². The first-order valence-corrected chi connectivity index (χ1v) is 15.4. The largest absolute Gasteiger partial charge is 0.366 e. The van der Waals surface area contributed by atoms with Crippen LogP contribution in [0.2, 0.25) is 0 Å². The molecule has 1 aliphatic heterocycles. The van der Waals surface area contributed by atoms with E-state index in [0.29, 0.717) is 37.3 Å². The summed E-state index contributed by atoms with van der Waals surface area (Å²) in [6.07, 6.45) is 9.06. The van der Waals surface area contributed by atoms with Gasteiger partial charge in [0.25, 0.3) is 5.91 Å². The van der Waals surface area contributed by atoms with Crippen molar-refractivity contribution in [2.75, 3.05) is 18.8 Å². The highest BCUT2D eigenvalue weighted by Crippen LogP contribution is 2.37. The highest BCUT2D eigenvalue weighted by Gasteiger charge is 2.29. The van der Waals surface area contributed by atoms with E-state index in [4.69, 9.17) is 5.73 Å². The third kappa shape index (κ3) is 5.43. The molecule has 0 spiro atoms. The fraction of sp³-hybridized carbons (Fsp3) is 0.467. The first-order valence-electron chi connectivity index (χ1n) is 13.8. The van der Waals surface area contributed by atoms with Crippen LogP contribution in [0.15, 0.2) is 42.6 Å². The zero-order chi connectivity index (χ0) is 26.9. The van der Waals surface area contributed by atoms with E-state index in [1.807, 2.05) is 24.4 Å². The van der Waals surface area contributed by atoms with E-state index >= 15 is 0 Å². The van der Waals surface area contributed by atoms with Gasteiger partial charge in [0.05, 0.1) is 16.8 Å². The van der Waals surface area contributed by atoms with Crippen molar-refractivity contribution < 1.29 is 18.0 Å². The molecule has 2 heterocycles. The van der Waals surface area contributed by atoms with Crippen molar-refractivity contribution in [3.63, 3.8) is 0 Å². The van der Waals surface area contributed by atoms with Crippen LogP contribution in [0.5, 0.6) is 0 Å². The Labute approximate surface area is 224 Å². The Morgan fingerprint density at radius 1 is 1.03 bits per heavy atom. The smallest absolute Gasteiger partial charge is 0.250 e. The van der Waals surface area contributed by atoms with E-state index in [9.17, 15) is 18.0 Å². The number of aromatic nitrogens is 1. The highest BCUT2D eigenvalue weighted by molar-refractivity contribution is 7.89. The molecule has 202 valence electrons. The lowest BCUT2D eigenvalue weighted by molar-refractivity contribution is -0.122. The Morgan fingerprint density at radius 2 is 1.76 bits per heavy atom. The summed E-state index contributed by atoms with van der Waals surface area (Å²) in [5, 5.41) is 0.954. The highest BCUT2D eigenvalue weighted by atomic mass is 32.2. The van der Waals surface area contributed by atoms with Crippen molar-refractivity contribution in [3.05, 3.63) is 59.3 Å². The minimum atomic E-state index is -3.19. The molecule has 2 aromatic carbocycles. The number of amides is 1. The molecule has 1 saturated carbocycles. The summed E-state index contributed by atoms with van der Waals surface area (Å²) < 4.78 is 26.2. The zero-order valence-electron chi connectivity index (χ0n) is 22.0. The van der Waals surface area contributed by atoms with Gasteiger partial charge in [0, 0.05) is 37.0 Å². The second kappa shape index (κ2) is 11.0. The first-order chi connectivity index (χ1) is 18.3. The number of rotatable bonds is 9. The van der Waals surface area contributed by atoms with Crippen molar-refractivity contribution in [1.82, 2.24) is 9.29 Å². The van der Waals surface area contributed by atoms with Gasteiger partial charge in [0.15, 0.2) is 0 Å². The number of aryl methyl sites for hydroxylation is 1. The molecule has 0 unspecified atom stereocenters. The van der Waals surface area contributed by atoms with Gasteiger partial charge >= 0.3 is 0 Å². The molecule has 5 rings (SSSR count). The number of hydrogen-bond donors (Lipinski definition) is 2. The Bertz CT molecular complexity index is 1450. The lowest BCUT2D eigenvalue weighted by Gasteiger charge is -2.31. The predicted molar refractivity (Wildman–Crippen MR) is 151 cm³/mol. The molecule has 0 bridgehead atoms. The Morgan fingerprint density at radius 3 is 2.45 bits per heavy atom. The van der Waals surface area contributed by atoms with Crippen LogP contribution >= 0.6 is 0 Å². The van der Waals surface area contributed by atoms with E-state index in [0.717, 1.165) is 71.7 Å². The average molecular weight is 536 g/mol. The number of aromatic amines is 1. The molecule has 38 heavy (non-hydrogen) atoms. The molecule has 1 amide bonds. The van der Waals surface area contributed by atoms with Gasteiger partial charge in [-0.1, -0.05) is 37.1 Å². The maximum absolute atomic E-state index is 12.6. The van der Waals surface area contributed by atoms with Crippen molar-refractivity contribution in [2.24, 2.45) is 11.7 Å². The number of carbonyl (C=O) groups excluding carboxylic acids is 2. The van der Waals surface area contributed by atoms with Gasteiger partial charge in [-0.15, -0.1) is 0 Å². The van der Waals surface area contributed by atoms with E-state index < -0.39 is 15.9 Å². The Balaban J connectivity index is 1.41. The number of H-pyrrole nitrogens is 1. The minimum Gasteiger partial charge on any atom is -0.366 e. The minimum absolute atomic E-state index is 0.115. The van der Waals surface area contributed by atoms with E-state index in [2.05, 4.69) is 23.2 Å². The van der Waals surface area contributed by atoms with Gasteiger partial charge in [0.1, 0.15) is 5.78 Å². The van der Waals surface area contributed by atoms with Crippen LogP contribution in [0.25, 0.3) is 22.0 Å². The SMILES string of the molecule is CCS(=O)(=O)N1CCC(c2c[nH]c3c(C(N)=O)cc(-c4cccc(CCC(=O)C5CCCC5)c4)cc23)CC1. The third-order valence-corrected chi connectivity index (χ3v) is 10.4. The molecule has 2 fully saturated rings. The number of sulfonamides is 1. The molecule has 1 aliphatic carbocycles. The number of Topliss-reactive ketones (excluding diaryl/α,β-unsaturated/α-hetero) is 1. The first kappa shape index (κ1) is 26.6. The van der Waals surface area contributed by atoms with Gasteiger partial charge in [-0.25, -0.2) is 12.7 Å². The molecule has 1 saturated heterocycles. The predicted octanol–water partition coefficient (Wildman–Crippen LogP) is 5.15. The lowest BCUT2D eigenvalue weighted by Crippen LogP contribution is -2.38. The molecule has 3 aromatic rings. The lowest BCUT2D eigenvalue weighted by atomic mass is 9.88. The summed E-state index contributed by atoms with van der Waals surface area (Å²) in [6.45, 7) is 2.67. The van der Waals surface area contributed by atoms with Crippen LogP contribution in [0.1, 0.15) is 79.3 Å². The number of benzene rings is 2. The second-order valence-corrected chi connectivity index (χ2v) is 13.0. The second-order valence-electron chi connectivity index (χ2n) is 10.8. The Kier molecular flexibility index (Phi) is 7.73. The van der Waals surface area contributed by atoms with Crippen molar-refractivity contribution >= 4 is 32.6 Å². The van der Waals surface area contributed by atoms with Crippen LogP contribution in [-0.4, -0.2) is 48.2 Å². The van der Waals surface area contributed by atoms with Crippen molar-refractivity contribution in [3.8, 4) is 11.1 Å². The maximum atomic E-state index is 12.6. The van der Waals surface area contributed by atoms with Crippen molar-refractivity contribution in [2.45, 2.75) is 64.2 Å². The van der Waals surface area contributed by atoms with Gasteiger partial charge in [-0.05, 0) is 79.3 Å². The molecule has 2 aliphatic rings. The monoisotopic (exact) mass is 535 g/mol. The fourth-order valence-electron chi connectivity index (χ4n) is 6.21. The number of nitrogens with zero attached hydrogens (tertiary/aromatic N) is 1. The average Bonchev–Trinajstić information content (AvgIpc) is 3.62. The van der Waals surface area contributed by atoms with Crippen LogP contribution in [0, 0.1) is 5.92 Å². The number of piperidine rings is 1. The summed E-state index contributed by atoms with van der Waals surface area (Å²) in [5.74, 6) is 0.423. The quantitative estimate of drug-likeness (QED) is 0.394. The van der Waals surface area contributed by atoms with E-state index in [1.54, 1.807) is 11.2 Å². The van der Waals surface area contributed by atoms with Gasteiger partial charge in [0.2, 0.25) is 10.0 Å². The summed E-state index contributed by atoms with van der Waals surface area (Å²) in [7, 11) is -3.19. The molecular weight excluding hydrogens is 498 g/mol. The summed E-state index contributed by atoms with van der Waals surface area (Å²) >= 11 is 0. The number of ketones is 1. The van der Waals surface area contributed by atoms with Crippen LogP contribution in [0.4, 0.5) is 0 Å². The molecule has 0 atom stereocenters. The summed E-state index contributed by atoms with van der Waals surface area (Å²) in [4.78, 5) is 28.3. The molecular formula is C30H37N3O4S. The van der Waals surface area contributed by atoms with Crippen LogP contribution in [0.3, 0.4) is 0 Å². The maximum Gasteiger partial charge on any atom is 0.250 e. The van der Waals surface area contributed by atoms with E-state index in [-0.39, 0.29) is 17.6 Å². The number of primary amides is 1. The number of fused-ring (bicyclic) bond motifs is 1. The fourth-order valence-corrected chi connectivity index (χ4v) is 7.34. The van der Waals surface area contributed by atoms with Gasteiger partial charge < -0.3 is 10.7 Å². The molecule has 0 radical (unpaired) electrons. The third-order valence-electron chi connectivity index (χ3n) is 8.47. The van der Waals surface area contributed by atoms with E-state index in [1.165, 1.54) is 0 Å². The molecule has 8 heteroatoms. The standard InChI is InChI=1S/C30H37N3O4S/c1-2-38(36,37)33-14-12-21(13-15-33)27-19-32-29-25(27)17-24(18-26(29)30(31)35)23-9-5-6-20(16-23)10-11-28(34)22-7-3-4-8-22/h5-6,9,16-19,21-22,32H,2-4,7-8,10-15H2,1H3,(H2,31,35). The summed E-state index contributed by atoms with van der Waals surface area (Å²) in [6, 6.07) is 12.1. The van der Waals surface area contributed by atoms with Gasteiger partial charge in [-0.3, -0.25) is 9.59 Å². The molecule has 7 nitrogen and oxygen atoms in total. The zero-order valence-corrected chi connectivity index (χ0v) is 22.9. The topological polar surface area (TPSA) is 113 Å². The van der Waals surface area contributed by atoms with Crippen molar-refractivity contribution in [1.29, 1.82) is 0 Å². The number of nitrogens with two attached hydrogens (primary N) is 1. The number of carbonyl (C=O) groups is 2. The van der Waals surface area contributed by atoms with Crippen LogP contribution < -0.4 is 5.73 Å². The number of nitrogens with one attached hydrogen (secondary N) is 1. The molecule has 3 N–H and O–H groups in total. The summed E-state index contributed by atoms with van der Waals surface area (Å²) in [5.41, 5.74) is 11.0. The number of hydrogen-bond acceptors (Lipinski definition) is 4. The molecule has 1 aromatic heterocycles.